The van der Waals surface area contributed by atoms with Crippen molar-refractivity contribution in [2.24, 2.45) is 5.73 Å². The number of amidine groups is 1. The van der Waals surface area contributed by atoms with E-state index in [1.165, 1.54) is 38.5 Å². The molecule has 1 heterocycles. The molecule has 0 aromatic heterocycles. The lowest BCUT2D eigenvalue weighted by atomic mass is 9.90. The molecule has 0 spiro atoms. The SMILES string of the molecule is COc1ccc(C(=O)NC2Oc3c(C(=N)N)cc(NS(=O)(=O)c4cccc(Cl)c4)cc3C2Cc2ccccc2)cc1OC. The Bertz CT molecular complexity index is 1800. The number of benzene rings is 4. The summed E-state index contributed by atoms with van der Waals surface area (Å²) in [5.41, 5.74) is 8.16. The molecule has 2 unspecified atom stereocenters. The quantitative estimate of drug-likeness (QED) is 0.145. The fourth-order valence-corrected chi connectivity index (χ4v) is 6.28. The van der Waals surface area contributed by atoms with Crippen LogP contribution in [0, 0.1) is 5.41 Å². The van der Waals surface area contributed by atoms with Crippen molar-refractivity contribution in [3.8, 4) is 17.2 Å². The predicted octanol–water partition coefficient (Wildman–Crippen LogP) is 4.92. The van der Waals surface area contributed by atoms with Gasteiger partial charge in [0.25, 0.3) is 15.9 Å². The van der Waals surface area contributed by atoms with Gasteiger partial charge in [0.2, 0.25) is 0 Å². The van der Waals surface area contributed by atoms with Crippen molar-refractivity contribution in [3.05, 3.63) is 112 Å². The second kappa shape index (κ2) is 12.2. The highest BCUT2D eigenvalue weighted by Gasteiger charge is 2.38. The number of rotatable bonds is 10. The molecule has 10 nitrogen and oxygen atoms in total. The average molecular weight is 621 g/mol. The molecule has 0 fully saturated rings. The molecule has 4 aromatic rings. The molecule has 222 valence electrons. The maximum Gasteiger partial charge on any atom is 0.261 e. The van der Waals surface area contributed by atoms with E-state index in [1.54, 1.807) is 30.3 Å². The number of halogens is 1. The Morgan fingerprint density at radius 3 is 2.40 bits per heavy atom. The summed E-state index contributed by atoms with van der Waals surface area (Å²) in [5.74, 6) is -0.0630. The summed E-state index contributed by atoms with van der Waals surface area (Å²) in [5, 5.41) is 11.4. The highest BCUT2D eigenvalue weighted by Crippen LogP contribution is 2.44. The Hall–Kier alpha value is -4.74. The zero-order valence-electron chi connectivity index (χ0n) is 23.3. The van der Waals surface area contributed by atoms with Gasteiger partial charge in [-0.3, -0.25) is 14.9 Å². The van der Waals surface area contributed by atoms with E-state index in [0.29, 0.717) is 29.0 Å². The second-order valence-corrected chi connectivity index (χ2v) is 11.9. The van der Waals surface area contributed by atoms with Crippen LogP contribution in [0.2, 0.25) is 5.02 Å². The lowest BCUT2D eigenvalue weighted by Crippen LogP contribution is -2.41. The maximum atomic E-state index is 13.4. The Kier molecular flexibility index (Phi) is 8.47. The molecule has 5 N–H and O–H groups in total. The van der Waals surface area contributed by atoms with Gasteiger partial charge in [-0.1, -0.05) is 48.0 Å². The molecule has 1 amide bonds. The molecule has 1 aliphatic heterocycles. The van der Waals surface area contributed by atoms with Crippen molar-refractivity contribution in [2.45, 2.75) is 23.5 Å². The molecule has 2 atom stereocenters. The van der Waals surface area contributed by atoms with Gasteiger partial charge < -0.3 is 25.3 Å². The zero-order valence-corrected chi connectivity index (χ0v) is 24.8. The molecular weight excluding hydrogens is 592 g/mol. The first-order chi connectivity index (χ1) is 20.6. The van der Waals surface area contributed by atoms with Crippen molar-refractivity contribution in [1.29, 1.82) is 5.41 Å². The van der Waals surface area contributed by atoms with E-state index in [4.69, 9.17) is 37.0 Å². The van der Waals surface area contributed by atoms with Gasteiger partial charge in [0.15, 0.2) is 17.7 Å². The minimum Gasteiger partial charge on any atom is -0.493 e. The van der Waals surface area contributed by atoms with Gasteiger partial charge in [0.05, 0.1) is 30.4 Å². The predicted molar refractivity (Wildman–Crippen MR) is 164 cm³/mol. The first-order valence-electron chi connectivity index (χ1n) is 13.1. The Balaban J connectivity index is 1.53. The van der Waals surface area contributed by atoms with Crippen LogP contribution in [0.5, 0.6) is 17.2 Å². The molecule has 43 heavy (non-hydrogen) atoms. The largest absolute Gasteiger partial charge is 0.493 e. The summed E-state index contributed by atoms with van der Waals surface area (Å²) < 4.78 is 45.9. The third-order valence-corrected chi connectivity index (χ3v) is 8.61. The molecular formula is C31H29ClN4O6S. The number of hydrogen-bond acceptors (Lipinski definition) is 7. The van der Waals surface area contributed by atoms with Gasteiger partial charge in [-0.25, -0.2) is 8.42 Å². The molecule has 0 bridgehead atoms. The lowest BCUT2D eigenvalue weighted by molar-refractivity contribution is 0.0826. The Labute approximate surface area is 254 Å². The fraction of sp³-hybridized carbons (Fsp3) is 0.161. The summed E-state index contributed by atoms with van der Waals surface area (Å²) >= 11 is 6.03. The molecule has 0 radical (unpaired) electrons. The molecule has 1 aliphatic rings. The van der Waals surface area contributed by atoms with Crippen LogP contribution in [-0.4, -0.2) is 40.6 Å². The van der Waals surface area contributed by atoms with Crippen LogP contribution in [0.3, 0.4) is 0 Å². The van der Waals surface area contributed by atoms with Gasteiger partial charge in [-0.05, 0) is 60.5 Å². The molecule has 5 rings (SSSR count). The number of hydrogen-bond donors (Lipinski definition) is 4. The molecule has 12 heteroatoms. The van der Waals surface area contributed by atoms with Crippen molar-refractivity contribution in [3.63, 3.8) is 0 Å². The third-order valence-electron chi connectivity index (χ3n) is 6.99. The number of carbonyl (C=O) groups is 1. The van der Waals surface area contributed by atoms with Crippen LogP contribution in [0.15, 0.2) is 89.8 Å². The fourth-order valence-electron chi connectivity index (χ4n) is 4.94. The Morgan fingerprint density at radius 2 is 1.72 bits per heavy atom. The number of sulfonamides is 1. The van der Waals surface area contributed by atoms with Crippen LogP contribution in [0.4, 0.5) is 5.69 Å². The van der Waals surface area contributed by atoms with Gasteiger partial charge in [-0.15, -0.1) is 0 Å². The zero-order chi connectivity index (χ0) is 30.7. The topological polar surface area (TPSA) is 153 Å². The number of methoxy groups -OCH3 is 2. The number of amides is 1. The minimum atomic E-state index is -4.03. The number of nitrogen functional groups attached to an aromatic ring is 1. The normalized spacial score (nSPS) is 15.6. The van der Waals surface area contributed by atoms with Gasteiger partial charge in [-0.2, -0.15) is 0 Å². The summed E-state index contributed by atoms with van der Waals surface area (Å²) in [6, 6.07) is 23.3. The van der Waals surface area contributed by atoms with Crippen LogP contribution < -0.4 is 30.0 Å². The summed E-state index contributed by atoms with van der Waals surface area (Å²) in [7, 11) is -1.05. The smallest absolute Gasteiger partial charge is 0.261 e. The monoisotopic (exact) mass is 620 g/mol. The third kappa shape index (κ3) is 6.37. The highest BCUT2D eigenvalue weighted by atomic mass is 35.5. The second-order valence-electron chi connectivity index (χ2n) is 9.80. The van der Waals surface area contributed by atoms with Gasteiger partial charge >= 0.3 is 0 Å². The van der Waals surface area contributed by atoms with E-state index in [1.807, 2.05) is 30.3 Å². The number of anilines is 1. The highest BCUT2D eigenvalue weighted by molar-refractivity contribution is 7.92. The van der Waals surface area contributed by atoms with Crippen molar-refractivity contribution in [1.82, 2.24) is 5.32 Å². The van der Waals surface area contributed by atoms with Gasteiger partial charge in [0.1, 0.15) is 11.6 Å². The minimum absolute atomic E-state index is 0.0259. The number of nitrogens with two attached hydrogens (primary N) is 1. The summed E-state index contributed by atoms with van der Waals surface area (Å²) in [4.78, 5) is 13.4. The first-order valence-corrected chi connectivity index (χ1v) is 15.0. The molecule has 4 aromatic carbocycles. The molecule has 0 aliphatic carbocycles. The number of carbonyl (C=O) groups excluding carboxylic acids is 1. The van der Waals surface area contributed by atoms with Crippen LogP contribution in [0.1, 0.15) is 33.0 Å². The Morgan fingerprint density at radius 1 is 0.977 bits per heavy atom. The average Bonchev–Trinajstić information content (AvgIpc) is 3.32. The van der Waals surface area contributed by atoms with E-state index < -0.39 is 28.1 Å². The summed E-state index contributed by atoms with van der Waals surface area (Å²) in [6.45, 7) is 0. The number of nitrogens with one attached hydrogen (secondary N) is 3. The van der Waals surface area contributed by atoms with Crippen LogP contribution in [-0.2, 0) is 16.4 Å². The van der Waals surface area contributed by atoms with Gasteiger partial charge in [0, 0.05) is 22.1 Å². The van der Waals surface area contributed by atoms with E-state index >= 15 is 0 Å². The van der Waals surface area contributed by atoms with E-state index in [0.717, 1.165) is 5.56 Å². The van der Waals surface area contributed by atoms with Crippen LogP contribution in [0.25, 0.3) is 0 Å². The molecule has 0 saturated heterocycles. The first kappa shape index (κ1) is 29.7. The van der Waals surface area contributed by atoms with Crippen molar-refractivity contribution in [2.75, 3.05) is 18.9 Å². The number of fused-ring (bicyclic) bond motifs is 1. The standard InChI is InChI=1S/C31H29ClN4O6S/c1-40-26-12-11-19(14-27(26)41-2)30(37)35-31-24(13-18-7-4-3-5-8-18)23-16-21(17-25(29(33)34)28(23)42-31)36-43(38,39)22-10-6-9-20(32)15-22/h3-12,14-17,24,31,36H,13H2,1-2H3,(H3,33,34)(H,35,37). The van der Waals surface area contributed by atoms with Crippen molar-refractivity contribution >= 4 is 39.1 Å². The lowest BCUT2D eigenvalue weighted by Gasteiger charge is -2.21. The van der Waals surface area contributed by atoms with E-state index in [2.05, 4.69) is 10.0 Å². The number of ether oxygens (including phenoxy) is 3. The van der Waals surface area contributed by atoms with E-state index in [9.17, 15) is 13.2 Å². The van der Waals surface area contributed by atoms with Crippen molar-refractivity contribution < 1.29 is 27.4 Å². The molecule has 0 saturated carbocycles. The summed E-state index contributed by atoms with van der Waals surface area (Å²) in [6.07, 6.45) is -0.430. The van der Waals surface area contributed by atoms with Crippen LogP contribution >= 0.6 is 11.6 Å². The maximum absolute atomic E-state index is 13.4. The van der Waals surface area contributed by atoms with E-state index in [-0.39, 0.29) is 32.8 Å².